The molecule has 2 heterocycles. The first-order valence-corrected chi connectivity index (χ1v) is 6.03. The summed E-state index contributed by atoms with van der Waals surface area (Å²) in [5, 5.41) is 13.1. The summed E-state index contributed by atoms with van der Waals surface area (Å²) in [6.07, 6.45) is 5.47. The number of rotatable bonds is 5. The Kier molecular flexibility index (Phi) is 3.81. The highest BCUT2D eigenvalue weighted by atomic mass is 16.7. The number of ether oxygens (including phenoxy) is 2. The largest absolute Gasteiger partial charge is 0.396 e. The summed E-state index contributed by atoms with van der Waals surface area (Å²) in [5.41, 5.74) is 1.07. The fourth-order valence-corrected chi connectivity index (χ4v) is 1.97. The van der Waals surface area contributed by atoms with Crippen LogP contribution in [-0.2, 0) is 22.4 Å². The molecule has 96 valence electrons. The molecule has 0 radical (unpaired) electrons. The Balaban J connectivity index is 1.78. The Morgan fingerprint density at radius 1 is 1.59 bits per heavy atom. The van der Waals surface area contributed by atoms with Crippen LogP contribution in [0.1, 0.15) is 25.8 Å². The minimum atomic E-state index is -0.448. The molecule has 0 spiro atoms. The Morgan fingerprint density at radius 3 is 3.06 bits per heavy atom. The lowest BCUT2D eigenvalue weighted by atomic mass is 10.2. The van der Waals surface area contributed by atoms with Crippen molar-refractivity contribution in [2.24, 2.45) is 0 Å². The Bertz CT molecular complexity index is 362. The topological polar surface area (TPSA) is 56.5 Å². The van der Waals surface area contributed by atoms with Gasteiger partial charge in [0.25, 0.3) is 0 Å². The van der Waals surface area contributed by atoms with Gasteiger partial charge in [-0.3, -0.25) is 4.68 Å². The smallest absolute Gasteiger partial charge is 0.163 e. The van der Waals surface area contributed by atoms with Gasteiger partial charge in [-0.15, -0.1) is 0 Å². The number of hydrogen-bond acceptors (Lipinski definition) is 4. The molecule has 2 rings (SSSR count). The van der Waals surface area contributed by atoms with Crippen LogP contribution in [0.5, 0.6) is 0 Å². The predicted octanol–water partition coefficient (Wildman–Crippen LogP) is 0.960. The van der Waals surface area contributed by atoms with Gasteiger partial charge >= 0.3 is 0 Å². The summed E-state index contributed by atoms with van der Waals surface area (Å²) >= 11 is 0. The molecule has 0 amide bonds. The van der Waals surface area contributed by atoms with Crippen LogP contribution in [0.2, 0.25) is 0 Å². The van der Waals surface area contributed by atoms with Gasteiger partial charge in [0.2, 0.25) is 0 Å². The lowest BCUT2D eigenvalue weighted by Crippen LogP contribution is -2.22. The van der Waals surface area contributed by atoms with E-state index in [0.717, 1.165) is 18.5 Å². The highest BCUT2D eigenvalue weighted by Crippen LogP contribution is 2.24. The molecule has 0 saturated carbocycles. The molecular formula is C12H20N2O3. The monoisotopic (exact) mass is 240 g/mol. The zero-order chi connectivity index (χ0) is 12.3. The second-order valence-corrected chi connectivity index (χ2v) is 4.82. The minimum absolute atomic E-state index is 0.149. The minimum Gasteiger partial charge on any atom is -0.396 e. The SMILES string of the molecule is CC1(C)OCC(CCn2cc(CCO)cn2)O1. The molecule has 1 unspecified atom stereocenters. The van der Waals surface area contributed by atoms with Crippen LogP contribution in [0.4, 0.5) is 0 Å². The van der Waals surface area contributed by atoms with Crippen molar-refractivity contribution in [1.82, 2.24) is 9.78 Å². The molecule has 1 aromatic heterocycles. The van der Waals surface area contributed by atoms with Crippen LogP contribution < -0.4 is 0 Å². The van der Waals surface area contributed by atoms with Crippen molar-refractivity contribution in [2.75, 3.05) is 13.2 Å². The third kappa shape index (κ3) is 3.52. The summed E-state index contributed by atoms with van der Waals surface area (Å²) in [6, 6.07) is 0. The molecule has 0 aromatic carbocycles. The van der Waals surface area contributed by atoms with Crippen molar-refractivity contribution in [1.29, 1.82) is 0 Å². The van der Waals surface area contributed by atoms with Crippen LogP contribution in [0.3, 0.4) is 0 Å². The van der Waals surface area contributed by atoms with Gasteiger partial charge < -0.3 is 14.6 Å². The number of aliphatic hydroxyl groups is 1. The second kappa shape index (κ2) is 5.16. The fraction of sp³-hybridized carbons (Fsp3) is 0.750. The Morgan fingerprint density at radius 2 is 2.41 bits per heavy atom. The first kappa shape index (κ1) is 12.5. The van der Waals surface area contributed by atoms with E-state index < -0.39 is 5.79 Å². The lowest BCUT2D eigenvalue weighted by Gasteiger charge is -2.16. The average Bonchev–Trinajstić information content (AvgIpc) is 2.83. The number of aromatic nitrogens is 2. The normalized spacial score (nSPS) is 23.1. The fourth-order valence-electron chi connectivity index (χ4n) is 1.97. The Labute approximate surface area is 101 Å². The first-order chi connectivity index (χ1) is 8.09. The van der Waals surface area contributed by atoms with E-state index in [0.29, 0.717) is 13.0 Å². The van der Waals surface area contributed by atoms with Gasteiger partial charge in [-0.2, -0.15) is 5.10 Å². The molecule has 1 N–H and O–H groups in total. The lowest BCUT2D eigenvalue weighted by molar-refractivity contribution is -0.139. The maximum atomic E-state index is 8.82. The molecule has 1 aliphatic rings. The zero-order valence-corrected chi connectivity index (χ0v) is 10.4. The number of hydrogen-bond donors (Lipinski definition) is 1. The van der Waals surface area contributed by atoms with Crippen molar-refractivity contribution in [3.8, 4) is 0 Å². The summed E-state index contributed by atoms with van der Waals surface area (Å²) in [5.74, 6) is -0.448. The molecule has 1 aromatic rings. The molecule has 0 bridgehead atoms. The van der Waals surface area contributed by atoms with Crippen LogP contribution in [0.25, 0.3) is 0 Å². The van der Waals surface area contributed by atoms with Gasteiger partial charge in [-0.25, -0.2) is 0 Å². The van der Waals surface area contributed by atoms with E-state index in [1.807, 2.05) is 24.7 Å². The van der Waals surface area contributed by atoms with Gasteiger partial charge in [0.05, 0.1) is 18.9 Å². The van der Waals surface area contributed by atoms with Gasteiger partial charge in [-0.05, 0) is 32.3 Å². The second-order valence-electron chi connectivity index (χ2n) is 4.82. The van der Waals surface area contributed by atoms with Crippen molar-refractivity contribution >= 4 is 0 Å². The molecule has 5 heteroatoms. The Hall–Kier alpha value is -0.910. The van der Waals surface area contributed by atoms with Crippen molar-refractivity contribution in [3.63, 3.8) is 0 Å². The summed E-state index contributed by atoms with van der Waals surface area (Å²) in [7, 11) is 0. The van der Waals surface area contributed by atoms with E-state index in [-0.39, 0.29) is 12.7 Å². The molecule has 17 heavy (non-hydrogen) atoms. The average molecular weight is 240 g/mol. The summed E-state index contributed by atoms with van der Waals surface area (Å²) in [4.78, 5) is 0. The predicted molar refractivity (Wildman–Crippen MR) is 62.5 cm³/mol. The van der Waals surface area contributed by atoms with Gasteiger partial charge in [-0.1, -0.05) is 0 Å². The molecule has 1 fully saturated rings. The first-order valence-electron chi connectivity index (χ1n) is 6.03. The van der Waals surface area contributed by atoms with E-state index in [4.69, 9.17) is 14.6 Å². The van der Waals surface area contributed by atoms with Crippen molar-refractivity contribution in [2.45, 2.75) is 45.1 Å². The standard InChI is InChI=1S/C12H20N2O3/c1-12(2)16-9-11(17-12)3-5-14-8-10(4-6-15)7-13-14/h7-8,11,15H,3-6,9H2,1-2H3. The van der Waals surface area contributed by atoms with Gasteiger partial charge in [0.1, 0.15) is 0 Å². The zero-order valence-electron chi connectivity index (χ0n) is 10.4. The maximum absolute atomic E-state index is 8.82. The number of aryl methyl sites for hydroxylation is 1. The van der Waals surface area contributed by atoms with E-state index in [9.17, 15) is 0 Å². The number of nitrogens with zero attached hydrogens (tertiary/aromatic N) is 2. The molecule has 1 atom stereocenters. The van der Waals surface area contributed by atoms with Crippen LogP contribution in [0.15, 0.2) is 12.4 Å². The van der Waals surface area contributed by atoms with E-state index in [1.165, 1.54) is 0 Å². The summed E-state index contributed by atoms with van der Waals surface area (Å²) in [6.45, 7) is 5.49. The molecule has 1 saturated heterocycles. The van der Waals surface area contributed by atoms with Crippen LogP contribution in [-0.4, -0.2) is 40.0 Å². The maximum Gasteiger partial charge on any atom is 0.163 e. The van der Waals surface area contributed by atoms with E-state index >= 15 is 0 Å². The van der Waals surface area contributed by atoms with Gasteiger partial charge in [0.15, 0.2) is 5.79 Å². The van der Waals surface area contributed by atoms with E-state index in [2.05, 4.69) is 5.10 Å². The molecular weight excluding hydrogens is 220 g/mol. The molecule has 1 aliphatic heterocycles. The molecule has 5 nitrogen and oxygen atoms in total. The third-order valence-corrected chi connectivity index (χ3v) is 2.83. The van der Waals surface area contributed by atoms with Crippen molar-refractivity contribution in [3.05, 3.63) is 18.0 Å². The quantitative estimate of drug-likeness (QED) is 0.833. The highest BCUT2D eigenvalue weighted by Gasteiger charge is 2.32. The van der Waals surface area contributed by atoms with Crippen molar-refractivity contribution < 1.29 is 14.6 Å². The van der Waals surface area contributed by atoms with E-state index in [1.54, 1.807) is 6.20 Å². The highest BCUT2D eigenvalue weighted by molar-refractivity contribution is 5.03. The third-order valence-electron chi connectivity index (χ3n) is 2.83. The molecule has 0 aliphatic carbocycles. The van der Waals surface area contributed by atoms with Gasteiger partial charge in [0, 0.05) is 19.3 Å². The van der Waals surface area contributed by atoms with Crippen LogP contribution >= 0.6 is 0 Å². The number of aliphatic hydroxyl groups excluding tert-OH is 1. The summed E-state index contributed by atoms with van der Waals surface area (Å²) < 4.78 is 13.1. The van der Waals surface area contributed by atoms with Crippen LogP contribution in [0, 0.1) is 0 Å².